The topological polar surface area (TPSA) is 140 Å². The van der Waals surface area contributed by atoms with Gasteiger partial charge in [0.05, 0.1) is 29.9 Å². The summed E-state index contributed by atoms with van der Waals surface area (Å²) in [5.41, 5.74) is 6.86. The van der Waals surface area contributed by atoms with Crippen molar-refractivity contribution in [2.45, 2.75) is 5.92 Å². The number of esters is 1. The number of ether oxygens (including phenoxy) is 2. The average Bonchev–Trinajstić information content (AvgIpc) is 2.94. The van der Waals surface area contributed by atoms with E-state index >= 15 is 0 Å². The van der Waals surface area contributed by atoms with E-state index in [4.69, 9.17) is 15.2 Å². The summed E-state index contributed by atoms with van der Waals surface area (Å²) < 4.78 is 10.2. The molecule has 0 amide bonds. The molecule has 128 valence electrons. The number of fused-ring (bicyclic) bond motifs is 1. The molecule has 2 aliphatic heterocycles. The Morgan fingerprint density at radius 2 is 2.20 bits per heavy atom. The fourth-order valence-corrected chi connectivity index (χ4v) is 3.17. The summed E-state index contributed by atoms with van der Waals surface area (Å²) >= 11 is 0. The van der Waals surface area contributed by atoms with E-state index in [0.717, 1.165) is 0 Å². The first kappa shape index (κ1) is 15.1. The molecule has 2 aromatic rings. The quantitative estimate of drug-likeness (QED) is 0.576. The molecule has 9 heteroatoms. The first-order valence-electron chi connectivity index (χ1n) is 7.43. The van der Waals surface area contributed by atoms with Crippen molar-refractivity contribution in [2.75, 3.05) is 24.8 Å². The number of nitrogen functional groups attached to an aromatic ring is 1. The van der Waals surface area contributed by atoms with Gasteiger partial charge in [-0.15, -0.1) is 0 Å². The monoisotopic (exact) mass is 342 g/mol. The number of carbonyl (C=O) groups excluding carboxylic acids is 1. The maximum atomic E-state index is 12.5. The van der Waals surface area contributed by atoms with Gasteiger partial charge < -0.3 is 25.6 Å². The highest BCUT2D eigenvalue weighted by Gasteiger charge is 2.41. The Bertz CT molecular complexity index is 995. The third kappa shape index (κ3) is 2.20. The minimum atomic E-state index is -0.715. The van der Waals surface area contributed by atoms with Crippen LogP contribution in [-0.4, -0.2) is 34.8 Å². The summed E-state index contributed by atoms with van der Waals surface area (Å²) in [5.74, 6) is -0.809. The number of benzene rings is 1. The zero-order valence-electron chi connectivity index (χ0n) is 13.1. The van der Waals surface area contributed by atoms with Crippen LogP contribution in [0.3, 0.4) is 0 Å². The third-order valence-electron chi connectivity index (χ3n) is 4.25. The van der Waals surface area contributed by atoms with Gasteiger partial charge in [0.2, 0.25) is 5.95 Å². The maximum Gasteiger partial charge on any atom is 0.337 e. The number of methoxy groups -OCH3 is 1. The summed E-state index contributed by atoms with van der Waals surface area (Å²) in [6.07, 6.45) is 0. The number of rotatable bonds is 2. The lowest BCUT2D eigenvalue weighted by atomic mass is 9.82. The molecule has 4 rings (SSSR count). The summed E-state index contributed by atoms with van der Waals surface area (Å²) in [7, 11) is 1.42. The molecule has 1 aromatic carbocycles. The minimum absolute atomic E-state index is 0.0346. The maximum absolute atomic E-state index is 12.5. The molecule has 0 saturated carbocycles. The highest BCUT2D eigenvalue weighted by atomic mass is 16.5. The number of hydrogen-bond donors (Lipinski definition) is 4. The molecule has 0 bridgehead atoms. The lowest BCUT2D eigenvalue weighted by molar-refractivity contribution is -0.136. The van der Waals surface area contributed by atoms with Crippen LogP contribution in [0.2, 0.25) is 0 Å². The van der Waals surface area contributed by atoms with E-state index < -0.39 is 17.4 Å². The van der Waals surface area contributed by atoms with Crippen LogP contribution in [0.25, 0.3) is 0 Å². The molecule has 2 aliphatic rings. The number of hydrogen-bond acceptors (Lipinski definition) is 8. The lowest BCUT2D eigenvalue weighted by Crippen LogP contribution is -2.29. The Labute approximate surface area is 141 Å². The summed E-state index contributed by atoms with van der Waals surface area (Å²) in [6.45, 7) is 0.0632. The molecule has 5 N–H and O–H groups in total. The molecular formula is C16H14N4O5. The van der Waals surface area contributed by atoms with E-state index in [1.165, 1.54) is 13.2 Å². The van der Waals surface area contributed by atoms with E-state index in [0.29, 0.717) is 16.8 Å². The second kappa shape index (κ2) is 5.26. The number of nitrogens with two attached hydrogens (primary N) is 1. The van der Waals surface area contributed by atoms with Gasteiger partial charge in [0.25, 0.3) is 5.56 Å². The fraction of sp³-hybridized carbons (Fsp3) is 0.188. The zero-order chi connectivity index (χ0) is 17.7. The number of carbonyl (C=O) groups is 1. The number of aromatic amines is 1. The highest BCUT2D eigenvalue weighted by Crippen LogP contribution is 2.43. The van der Waals surface area contributed by atoms with Crippen molar-refractivity contribution in [2.24, 2.45) is 0 Å². The van der Waals surface area contributed by atoms with Gasteiger partial charge in [0, 0.05) is 0 Å². The van der Waals surface area contributed by atoms with E-state index in [1.807, 2.05) is 0 Å². The van der Waals surface area contributed by atoms with Crippen LogP contribution in [0.4, 0.5) is 11.8 Å². The van der Waals surface area contributed by atoms with Crippen LogP contribution >= 0.6 is 0 Å². The van der Waals surface area contributed by atoms with Crippen molar-refractivity contribution >= 4 is 17.7 Å². The van der Waals surface area contributed by atoms with Gasteiger partial charge in [-0.1, -0.05) is 6.07 Å². The van der Waals surface area contributed by atoms with Gasteiger partial charge in [0.15, 0.2) is 11.5 Å². The Morgan fingerprint density at radius 1 is 1.40 bits per heavy atom. The van der Waals surface area contributed by atoms with E-state index in [1.54, 1.807) is 12.1 Å². The highest BCUT2D eigenvalue weighted by molar-refractivity contribution is 5.96. The van der Waals surface area contributed by atoms with Crippen molar-refractivity contribution in [3.63, 3.8) is 0 Å². The number of H-pyrrole nitrogens is 1. The smallest absolute Gasteiger partial charge is 0.337 e. The van der Waals surface area contributed by atoms with E-state index in [-0.39, 0.29) is 35.4 Å². The number of aromatic nitrogens is 2. The molecule has 1 atom stereocenters. The first-order valence-corrected chi connectivity index (χ1v) is 7.43. The van der Waals surface area contributed by atoms with Crippen LogP contribution in [-0.2, 0) is 9.53 Å². The third-order valence-corrected chi connectivity index (χ3v) is 4.25. The van der Waals surface area contributed by atoms with Crippen molar-refractivity contribution in [1.29, 1.82) is 0 Å². The Balaban J connectivity index is 1.99. The van der Waals surface area contributed by atoms with E-state index in [9.17, 15) is 14.7 Å². The first-order chi connectivity index (χ1) is 12.0. The predicted octanol–water partition coefficient (Wildman–Crippen LogP) is 0.435. The number of nitrogens with one attached hydrogen (secondary N) is 2. The number of phenols is 1. The predicted molar refractivity (Wildman–Crippen MR) is 87.4 cm³/mol. The number of phenolic OH excluding ortho intramolecular Hbond substituents is 1. The second-order valence-corrected chi connectivity index (χ2v) is 5.67. The standard InChI is InChI=1S/C16H14N4O5/c1-24-9-4-6(2-3-8(9)21)10-11-7(5-25-15(11)23)18-13-12(10)14(22)20-16(17)19-13/h2-4,10,21H,5H2,1H3,(H4,17,18,19,20,22). The molecule has 0 saturated heterocycles. The normalized spacial score (nSPS) is 18.3. The number of cyclic esters (lactones) is 1. The van der Waals surface area contributed by atoms with Gasteiger partial charge in [0.1, 0.15) is 12.4 Å². The van der Waals surface area contributed by atoms with Crippen LogP contribution < -0.4 is 21.3 Å². The number of anilines is 2. The van der Waals surface area contributed by atoms with Crippen LogP contribution in [0.15, 0.2) is 34.3 Å². The van der Waals surface area contributed by atoms with Crippen molar-refractivity contribution < 1.29 is 19.4 Å². The Morgan fingerprint density at radius 3 is 2.96 bits per heavy atom. The van der Waals surface area contributed by atoms with Crippen molar-refractivity contribution in [3.8, 4) is 11.5 Å². The molecular weight excluding hydrogens is 328 g/mol. The summed E-state index contributed by atoms with van der Waals surface area (Å²) in [6, 6.07) is 4.63. The molecule has 9 nitrogen and oxygen atoms in total. The Kier molecular flexibility index (Phi) is 3.17. The largest absolute Gasteiger partial charge is 0.504 e. The van der Waals surface area contributed by atoms with Crippen LogP contribution in [0.1, 0.15) is 17.0 Å². The fourth-order valence-electron chi connectivity index (χ4n) is 3.17. The number of nitrogens with zero attached hydrogens (tertiary/aromatic N) is 1. The average molecular weight is 342 g/mol. The van der Waals surface area contributed by atoms with Gasteiger partial charge in [-0.25, -0.2) is 4.79 Å². The molecule has 1 unspecified atom stereocenters. The van der Waals surface area contributed by atoms with Crippen LogP contribution in [0, 0.1) is 0 Å². The molecule has 1 aromatic heterocycles. The molecule has 0 aliphatic carbocycles. The molecule has 25 heavy (non-hydrogen) atoms. The van der Waals surface area contributed by atoms with Gasteiger partial charge >= 0.3 is 5.97 Å². The minimum Gasteiger partial charge on any atom is -0.504 e. The molecule has 0 radical (unpaired) electrons. The lowest BCUT2D eigenvalue weighted by Gasteiger charge is -2.25. The van der Waals surface area contributed by atoms with Crippen LogP contribution in [0.5, 0.6) is 11.5 Å². The van der Waals surface area contributed by atoms with E-state index in [2.05, 4.69) is 15.3 Å². The van der Waals surface area contributed by atoms with Gasteiger partial charge in [-0.3, -0.25) is 9.78 Å². The summed E-state index contributed by atoms with van der Waals surface area (Å²) in [5, 5.41) is 12.8. The molecule has 3 heterocycles. The SMILES string of the molecule is COc1cc(C2C3=C(COC3=O)Nc3nc(N)[nH]c(=O)c32)ccc1O. The second-order valence-electron chi connectivity index (χ2n) is 5.67. The van der Waals surface area contributed by atoms with Crippen molar-refractivity contribution in [3.05, 3.63) is 50.9 Å². The molecule has 0 fully saturated rings. The van der Waals surface area contributed by atoms with Gasteiger partial charge in [-0.2, -0.15) is 4.98 Å². The summed E-state index contributed by atoms with van der Waals surface area (Å²) in [4.78, 5) is 31.3. The number of aromatic hydroxyl groups is 1. The zero-order valence-corrected chi connectivity index (χ0v) is 13.1. The van der Waals surface area contributed by atoms with Crippen molar-refractivity contribution in [1.82, 2.24) is 9.97 Å². The Hall–Kier alpha value is -3.49. The molecule has 0 spiro atoms. The van der Waals surface area contributed by atoms with Gasteiger partial charge in [-0.05, 0) is 17.7 Å².